The number of aromatic nitrogens is 3. The second kappa shape index (κ2) is 10.3. The van der Waals surface area contributed by atoms with E-state index < -0.39 is 12.7 Å². The zero-order valence-electron chi connectivity index (χ0n) is 19.0. The first-order chi connectivity index (χ1) is 16.2. The molecule has 8 nitrogen and oxygen atoms in total. The summed E-state index contributed by atoms with van der Waals surface area (Å²) < 4.78 is 46.5. The molecule has 184 valence electrons. The van der Waals surface area contributed by atoms with Crippen LogP contribution in [0, 0.1) is 0 Å². The molecule has 0 spiro atoms. The van der Waals surface area contributed by atoms with Crippen molar-refractivity contribution in [1.29, 1.82) is 0 Å². The highest BCUT2D eigenvalue weighted by atomic mass is 32.1. The van der Waals surface area contributed by atoms with Gasteiger partial charge in [0.15, 0.2) is 5.01 Å². The highest BCUT2D eigenvalue weighted by Gasteiger charge is 2.31. The van der Waals surface area contributed by atoms with Crippen molar-refractivity contribution in [2.75, 3.05) is 39.2 Å². The molecule has 4 rings (SSSR count). The molecule has 12 heteroatoms. The number of nitrogens with zero attached hydrogens (tertiary/aromatic N) is 4. The SMILES string of the molecule is COCC(=O)NCc1nnc(-c2cc3c(NC4CCN(C)CC4)cccc3n2CC(F)(F)F)s1. The summed E-state index contributed by atoms with van der Waals surface area (Å²) in [5.41, 5.74) is 1.64. The van der Waals surface area contributed by atoms with E-state index in [1.807, 2.05) is 6.07 Å². The van der Waals surface area contributed by atoms with Crippen LogP contribution in [0.3, 0.4) is 0 Å². The minimum Gasteiger partial charge on any atom is -0.382 e. The maximum atomic E-state index is 13.5. The Labute approximate surface area is 199 Å². The van der Waals surface area contributed by atoms with Crippen LogP contribution in [0.5, 0.6) is 0 Å². The number of carbonyl (C=O) groups excluding carboxylic acids is 1. The summed E-state index contributed by atoms with van der Waals surface area (Å²) in [4.78, 5) is 13.9. The van der Waals surface area contributed by atoms with Gasteiger partial charge < -0.3 is 24.8 Å². The fourth-order valence-electron chi connectivity index (χ4n) is 4.09. The average molecular weight is 497 g/mol. The number of alkyl halides is 3. The van der Waals surface area contributed by atoms with Crippen LogP contribution in [-0.4, -0.2) is 71.6 Å². The first kappa shape index (κ1) is 24.4. The van der Waals surface area contributed by atoms with E-state index in [1.165, 1.54) is 11.7 Å². The number of methoxy groups -OCH3 is 1. The third-order valence-electron chi connectivity index (χ3n) is 5.76. The summed E-state index contributed by atoms with van der Waals surface area (Å²) in [5.74, 6) is -0.310. The molecular weight excluding hydrogens is 469 g/mol. The number of fused-ring (bicyclic) bond motifs is 1. The standard InChI is InChI=1S/C22H27F3N6O2S/c1-30-8-6-14(7-9-30)27-16-4-3-5-17-15(16)10-18(31(17)13-22(23,24)25)21-29-28-20(34-21)11-26-19(32)12-33-2/h3-5,10,14,27H,6-9,11-13H2,1-2H3,(H,26,32). The molecule has 0 atom stereocenters. The summed E-state index contributed by atoms with van der Waals surface area (Å²) in [6, 6.07) is 7.37. The zero-order valence-corrected chi connectivity index (χ0v) is 19.8. The summed E-state index contributed by atoms with van der Waals surface area (Å²) in [5, 5.41) is 15.9. The van der Waals surface area contributed by atoms with Gasteiger partial charge in [0, 0.05) is 24.2 Å². The second-order valence-corrected chi connectivity index (χ2v) is 9.46. The molecule has 1 aliphatic rings. The lowest BCUT2D eigenvalue weighted by Crippen LogP contribution is -2.36. The fraction of sp³-hybridized carbons (Fsp3) is 0.500. The number of hydrogen-bond acceptors (Lipinski definition) is 7. The number of benzene rings is 1. The molecule has 0 saturated carbocycles. The lowest BCUT2D eigenvalue weighted by molar-refractivity contribution is -0.139. The maximum Gasteiger partial charge on any atom is 0.406 e. The van der Waals surface area contributed by atoms with Crippen molar-refractivity contribution in [3.8, 4) is 10.7 Å². The average Bonchev–Trinajstić information content (AvgIpc) is 3.39. The number of ether oxygens (including phenoxy) is 1. The summed E-state index contributed by atoms with van der Waals surface area (Å²) >= 11 is 1.15. The smallest absolute Gasteiger partial charge is 0.382 e. The van der Waals surface area contributed by atoms with Crippen molar-refractivity contribution >= 4 is 33.8 Å². The van der Waals surface area contributed by atoms with Gasteiger partial charge in [0.2, 0.25) is 5.91 Å². The van der Waals surface area contributed by atoms with Gasteiger partial charge in [-0.2, -0.15) is 13.2 Å². The fourth-order valence-corrected chi connectivity index (χ4v) is 4.90. The first-order valence-corrected chi connectivity index (χ1v) is 11.8. The van der Waals surface area contributed by atoms with Gasteiger partial charge >= 0.3 is 6.18 Å². The Morgan fingerprint density at radius 1 is 1.26 bits per heavy atom. The van der Waals surface area contributed by atoms with Gasteiger partial charge in [0.25, 0.3) is 0 Å². The Bertz CT molecular complexity index is 1140. The number of halogens is 3. The molecule has 1 fully saturated rings. The first-order valence-electron chi connectivity index (χ1n) is 11.0. The minimum atomic E-state index is -4.40. The molecule has 1 aliphatic heterocycles. The predicted molar refractivity (Wildman–Crippen MR) is 125 cm³/mol. The van der Waals surface area contributed by atoms with Gasteiger partial charge in [-0.1, -0.05) is 17.4 Å². The van der Waals surface area contributed by atoms with Crippen molar-refractivity contribution in [2.24, 2.45) is 0 Å². The van der Waals surface area contributed by atoms with E-state index in [1.54, 1.807) is 18.2 Å². The van der Waals surface area contributed by atoms with Crippen molar-refractivity contribution < 1.29 is 22.7 Å². The second-order valence-electron chi connectivity index (χ2n) is 8.40. The minimum absolute atomic E-state index is 0.0848. The van der Waals surface area contributed by atoms with Crippen LogP contribution < -0.4 is 10.6 Å². The van der Waals surface area contributed by atoms with Gasteiger partial charge in [0.1, 0.15) is 18.2 Å². The van der Waals surface area contributed by atoms with Crippen LogP contribution in [-0.2, 0) is 22.6 Å². The lowest BCUT2D eigenvalue weighted by Gasteiger charge is -2.30. The number of amides is 1. The molecule has 0 unspecified atom stereocenters. The zero-order chi connectivity index (χ0) is 24.3. The van der Waals surface area contributed by atoms with Crippen molar-refractivity contribution in [2.45, 2.75) is 38.1 Å². The molecule has 1 aromatic carbocycles. The van der Waals surface area contributed by atoms with E-state index in [2.05, 4.69) is 32.8 Å². The van der Waals surface area contributed by atoms with Crippen molar-refractivity contribution in [3.05, 3.63) is 29.3 Å². The summed E-state index contributed by atoms with van der Waals surface area (Å²) in [7, 11) is 3.50. The monoisotopic (exact) mass is 496 g/mol. The molecule has 0 aliphatic carbocycles. The Kier molecular flexibility index (Phi) is 7.39. The molecule has 0 bridgehead atoms. The molecule has 34 heavy (non-hydrogen) atoms. The molecular formula is C22H27F3N6O2S. The predicted octanol–water partition coefficient (Wildman–Crippen LogP) is 3.49. The van der Waals surface area contributed by atoms with Crippen LogP contribution in [0.2, 0.25) is 0 Å². The van der Waals surface area contributed by atoms with E-state index in [4.69, 9.17) is 4.74 Å². The van der Waals surface area contributed by atoms with Gasteiger partial charge in [-0.25, -0.2) is 0 Å². The Morgan fingerprint density at radius 3 is 2.74 bits per heavy atom. The largest absolute Gasteiger partial charge is 0.406 e. The normalized spacial score (nSPS) is 15.7. The number of hydrogen-bond donors (Lipinski definition) is 2. The summed E-state index contributed by atoms with van der Waals surface area (Å²) in [6.45, 7) is 0.856. The summed E-state index contributed by atoms with van der Waals surface area (Å²) in [6.07, 6.45) is -2.46. The van der Waals surface area contributed by atoms with E-state index in [9.17, 15) is 18.0 Å². The van der Waals surface area contributed by atoms with Gasteiger partial charge in [-0.05, 0) is 51.2 Å². The van der Waals surface area contributed by atoms with Gasteiger partial charge in [-0.3, -0.25) is 4.79 Å². The Balaban J connectivity index is 1.65. The lowest BCUT2D eigenvalue weighted by atomic mass is 10.0. The number of piperidine rings is 1. The highest BCUT2D eigenvalue weighted by Crippen LogP contribution is 2.36. The van der Waals surface area contributed by atoms with Crippen molar-refractivity contribution in [1.82, 2.24) is 25.0 Å². The Hall–Kier alpha value is -2.70. The molecule has 3 heterocycles. The molecule has 2 aromatic heterocycles. The Morgan fingerprint density at radius 2 is 2.03 bits per heavy atom. The van der Waals surface area contributed by atoms with E-state index in [-0.39, 0.29) is 25.1 Å². The topological polar surface area (TPSA) is 84.3 Å². The van der Waals surface area contributed by atoms with Crippen LogP contribution >= 0.6 is 11.3 Å². The quantitative estimate of drug-likeness (QED) is 0.497. The van der Waals surface area contributed by atoms with Crippen LogP contribution in [0.15, 0.2) is 24.3 Å². The van der Waals surface area contributed by atoms with Gasteiger partial charge in [-0.15, -0.1) is 10.2 Å². The van der Waals surface area contributed by atoms with Crippen LogP contribution in [0.4, 0.5) is 18.9 Å². The number of carbonyl (C=O) groups is 1. The van der Waals surface area contributed by atoms with E-state index in [0.29, 0.717) is 26.6 Å². The number of rotatable bonds is 8. The number of anilines is 1. The highest BCUT2D eigenvalue weighted by molar-refractivity contribution is 7.14. The van der Waals surface area contributed by atoms with E-state index in [0.717, 1.165) is 43.0 Å². The third kappa shape index (κ3) is 5.86. The number of nitrogens with one attached hydrogen (secondary N) is 2. The molecule has 1 amide bonds. The van der Waals surface area contributed by atoms with Crippen LogP contribution in [0.25, 0.3) is 21.6 Å². The molecule has 0 radical (unpaired) electrons. The van der Waals surface area contributed by atoms with E-state index >= 15 is 0 Å². The molecule has 1 saturated heterocycles. The maximum absolute atomic E-state index is 13.5. The molecule has 2 N–H and O–H groups in total. The number of likely N-dealkylation sites (tertiary alicyclic amines) is 1. The third-order valence-corrected chi connectivity index (χ3v) is 6.71. The van der Waals surface area contributed by atoms with Crippen LogP contribution in [0.1, 0.15) is 17.8 Å². The van der Waals surface area contributed by atoms with Crippen molar-refractivity contribution in [3.63, 3.8) is 0 Å². The van der Waals surface area contributed by atoms with Gasteiger partial charge in [0.05, 0.1) is 17.8 Å². The molecule has 3 aromatic rings.